The third-order valence-corrected chi connectivity index (χ3v) is 10.7. The maximum atomic E-state index is 13.0. The summed E-state index contributed by atoms with van der Waals surface area (Å²) in [4.78, 5) is 13.2. The van der Waals surface area contributed by atoms with Crippen LogP contribution in [0.3, 0.4) is 0 Å². The van der Waals surface area contributed by atoms with Gasteiger partial charge in [0.2, 0.25) is 0 Å². The van der Waals surface area contributed by atoms with Gasteiger partial charge < -0.3 is 14.9 Å². The lowest BCUT2D eigenvalue weighted by Gasteiger charge is -2.48. The van der Waals surface area contributed by atoms with E-state index in [0.717, 1.165) is 36.8 Å². The largest absolute Gasteiger partial charge is 0.508 e. The highest BCUT2D eigenvalue weighted by molar-refractivity contribution is 9.09. The number of hydrogen-bond donors (Lipinski definition) is 2. The number of benzene rings is 1. The SMILES string of the molecule is C=C1CC[C@H](Br)[C@@]2(C)CC[C@@H](Br)[C@@](C)(O)CC[C@@H](C(=C)C)OC(=O)c3ccc(O)c(c3)CC12. The summed E-state index contributed by atoms with van der Waals surface area (Å²) in [6.07, 6.45) is 4.67. The van der Waals surface area contributed by atoms with Gasteiger partial charge in [-0.3, -0.25) is 0 Å². The number of hydrogen-bond acceptors (Lipinski definition) is 4. The van der Waals surface area contributed by atoms with Crippen LogP contribution in [-0.4, -0.2) is 37.5 Å². The Labute approximate surface area is 214 Å². The van der Waals surface area contributed by atoms with Crippen molar-refractivity contribution in [3.05, 3.63) is 53.6 Å². The number of carbonyl (C=O) groups is 1. The quantitative estimate of drug-likeness (QED) is 0.215. The molecule has 1 unspecified atom stereocenters. The Bertz CT molecular complexity index is 925. The predicted octanol–water partition coefficient (Wildman–Crippen LogP) is 6.86. The van der Waals surface area contributed by atoms with Crippen molar-refractivity contribution in [1.82, 2.24) is 0 Å². The Morgan fingerprint density at radius 2 is 1.85 bits per heavy atom. The summed E-state index contributed by atoms with van der Waals surface area (Å²) in [6, 6.07) is 4.93. The zero-order valence-corrected chi connectivity index (χ0v) is 23.0. The van der Waals surface area contributed by atoms with Crippen LogP contribution in [0.5, 0.6) is 5.75 Å². The van der Waals surface area contributed by atoms with Crippen molar-refractivity contribution in [2.45, 2.75) is 87.1 Å². The van der Waals surface area contributed by atoms with E-state index in [1.165, 1.54) is 5.57 Å². The normalized spacial score (nSPS) is 36.2. The Kier molecular flexibility index (Phi) is 8.23. The van der Waals surface area contributed by atoms with Crippen LogP contribution in [0.4, 0.5) is 0 Å². The van der Waals surface area contributed by atoms with Crippen LogP contribution in [0, 0.1) is 11.3 Å². The molecule has 0 radical (unpaired) electrons. The number of allylic oxidation sites excluding steroid dienone is 1. The molecule has 0 spiro atoms. The number of fused-ring (bicyclic) bond motifs is 3. The van der Waals surface area contributed by atoms with Gasteiger partial charge in [-0.1, -0.05) is 57.5 Å². The second-order valence-corrected chi connectivity index (χ2v) is 12.6. The van der Waals surface area contributed by atoms with Gasteiger partial charge in [0.1, 0.15) is 11.9 Å². The number of phenolic OH excluding ortho intramolecular Hbond substituents is 1. The van der Waals surface area contributed by atoms with Crippen molar-refractivity contribution in [2.75, 3.05) is 0 Å². The first-order valence-corrected chi connectivity index (χ1v) is 13.5. The molecule has 0 aromatic heterocycles. The summed E-state index contributed by atoms with van der Waals surface area (Å²) in [6.45, 7) is 14.3. The number of esters is 1. The Morgan fingerprint density at radius 3 is 2.52 bits per heavy atom. The van der Waals surface area contributed by atoms with Crippen LogP contribution in [-0.2, 0) is 11.2 Å². The number of phenols is 1. The molecule has 1 heterocycles. The topological polar surface area (TPSA) is 66.8 Å². The standard InChI is InChI=1S/C27H36Br2O4/c1-16(2)22-10-13-27(5,32)24(29)11-12-26(4)20(17(3)6-9-23(26)28)15-19-14-18(25(31)33-22)7-8-21(19)30/h7-8,14,20,22-24,30,32H,1,3,6,9-13,15H2,2,4-5H3/t20?,22-,23-,24+,26-,27-/m0/s1. The fraction of sp³-hybridized carbons (Fsp3) is 0.593. The van der Waals surface area contributed by atoms with Crippen molar-refractivity contribution < 1.29 is 19.7 Å². The highest BCUT2D eigenvalue weighted by Gasteiger charge is 2.45. The zero-order valence-electron chi connectivity index (χ0n) is 19.9. The molecular formula is C27H36Br2O4. The van der Waals surface area contributed by atoms with E-state index in [1.807, 2.05) is 13.8 Å². The molecule has 2 bridgehead atoms. The van der Waals surface area contributed by atoms with Crippen molar-refractivity contribution in [3.63, 3.8) is 0 Å². The molecule has 1 aromatic rings. The number of rotatable bonds is 1. The van der Waals surface area contributed by atoms with Crippen molar-refractivity contribution >= 4 is 37.8 Å². The molecule has 0 amide bonds. The summed E-state index contributed by atoms with van der Waals surface area (Å²) < 4.78 is 5.79. The van der Waals surface area contributed by atoms with Gasteiger partial charge in [0.15, 0.2) is 0 Å². The fourth-order valence-electron chi connectivity index (χ4n) is 5.24. The van der Waals surface area contributed by atoms with E-state index in [0.29, 0.717) is 29.7 Å². The van der Waals surface area contributed by atoms with Gasteiger partial charge in [0.05, 0.1) is 11.2 Å². The van der Waals surface area contributed by atoms with Crippen LogP contribution >= 0.6 is 31.9 Å². The number of ether oxygens (including phenoxy) is 1. The van der Waals surface area contributed by atoms with Crippen LogP contribution in [0.25, 0.3) is 0 Å². The minimum atomic E-state index is -0.963. The second kappa shape index (κ2) is 10.2. The first-order valence-electron chi connectivity index (χ1n) is 11.7. The number of halogens is 2. The molecule has 1 aliphatic heterocycles. The average molecular weight is 584 g/mol. The Hall–Kier alpha value is -1.11. The molecule has 1 saturated carbocycles. The van der Waals surface area contributed by atoms with Gasteiger partial charge >= 0.3 is 5.97 Å². The van der Waals surface area contributed by atoms with Gasteiger partial charge in [0, 0.05) is 9.65 Å². The number of cyclic esters (lactones) is 1. The van der Waals surface area contributed by atoms with Crippen LogP contribution in [0.2, 0.25) is 0 Å². The van der Waals surface area contributed by atoms with Gasteiger partial charge in [-0.25, -0.2) is 4.79 Å². The predicted molar refractivity (Wildman–Crippen MR) is 140 cm³/mol. The summed E-state index contributed by atoms with van der Waals surface area (Å²) in [5, 5.41) is 21.9. The van der Waals surface area contributed by atoms with Crippen LogP contribution in [0.1, 0.15) is 75.2 Å². The van der Waals surface area contributed by atoms with Gasteiger partial charge in [-0.2, -0.15) is 0 Å². The molecule has 3 rings (SSSR count). The van der Waals surface area contributed by atoms with E-state index in [2.05, 4.69) is 51.9 Å². The molecule has 1 fully saturated rings. The van der Waals surface area contributed by atoms with Crippen LogP contribution in [0.15, 0.2) is 42.5 Å². The first kappa shape index (κ1) is 26.5. The molecule has 6 heteroatoms. The molecule has 6 atom stereocenters. The van der Waals surface area contributed by atoms with Crippen molar-refractivity contribution in [3.8, 4) is 5.75 Å². The van der Waals surface area contributed by atoms with E-state index in [9.17, 15) is 15.0 Å². The summed E-state index contributed by atoms with van der Waals surface area (Å²) in [7, 11) is 0. The smallest absolute Gasteiger partial charge is 0.338 e. The Morgan fingerprint density at radius 1 is 1.15 bits per heavy atom. The van der Waals surface area contributed by atoms with E-state index in [4.69, 9.17) is 4.74 Å². The van der Waals surface area contributed by atoms with E-state index < -0.39 is 17.7 Å². The Balaban J connectivity index is 2.05. The highest BCUT2D eigenvalue weighted by atomic mass is 79.9. The number of carbonyl (C=O) groups excluding carboxylic acids is 1. The highest BCUT2D eigenvalue weighted by Crippen LogP contribution is 2.52. The summed E-state index contributed by atoms with van der Waals surface area (Å²) in [5.41, 5.74) is 1.98. The molecule has 182 valence electrons. The second-order valence-electron chi connectivity index (χ2n) is 10.4. The fourth-order valence-corrected chi connectivity index (χ4v) is 6.47. The summed E-state index contributed by atoms with van der Waals surface area (Å²) in [5.74, 6) is -0.135. The lowest BCUT2D eigenvalue weighted by molar-refractivity contribution is 0.0132. The monoisotopic (exact) mass is 582 g/mol. The van der Waals surface area contributed by atoms with E-state index in [-0.39, 0.29) is 21.9 Å². The molecule has 1 aliphatic carbocycles. The number of alkyl halides is 2. The lowest BCUT2D eigenvalue weighted by Crippen LogP contribution is -2.44. The maximum absolute atomic E-state index is 13.0. The number of aliphatic hydroxyl groups is 1. The summed E-state index contributed by atoms with van der Waals surface area (Å²) >= 11 is 7.71. The molecule has 4 nitrogen and oxygen atoms in total. The van der Waals surface area contributed by atoms with Gasteiger partial charge in [-0.15, -0.1) is 0 Å². The van der Waals surface area contributed by atoms with Gasteiger partial charge in [0.25, 0.3) is 0 Å². The first-order chi connectivity index (χ1) is 15.3. The van der Waals surface area contributed by atoms with Crippen molar-refractivity contribution in [2.24, 2.45) is 11.3 Å². The molecule has 33 heavy (non-hydrogen) atoms. The lowest BCUT2D eigenvalue weighted by atomic mass is 9.61. The maximum Gasteiger partial charge on any atom is 0.338 e. The molecule has 1 aromatic carbocycles. The van der Waals surface area contributed by atoms with E-state index in [1.54, 1.807) is 18.2 Å². The number of aromatic hydroxyl groups is 1. The van der Waals surface area contributed by atoms with E-state index >= 15 is 0 Å². The third kappa shape index (κ3) is 5.76. The third-order valence-electron chi connectivity index (χ3n) is 7.79. The zero-order chi connectivity index (χ0) is 24.6. The molecular weight excluding hydrogens is 548 g/mol. The van der Waals surface area contributed by atoms with Crippen LogP contribution < -0.4 is 0 Å². The average Bonchev–Trinajstić information content (AvgIpc) is 2.75. The molecule has 2 N–H and O–H groups in total. The van der Waals surface area contributed by atoms with Crippen molar-refractivity contribution in [1.29, 1.82) is 0 Å². The molecule has 0 saturated heterocycles. The minimum Gasteiger partial charge on any atom is -0.508 e. The van der Waals surface area contributed by atoms with Gasteiger partial charge in [-0.05, 0) is 99.5 Å². The molecule has 2 aliphatic rings. The minimum absolute atomic E-state index is 0.110.